The fourth-order valence-electron chi connectivity index (χ4n) is 2.37. The maximum atomic E-state index is 8.79. The highest BCUT2D eigenvalue weighted by molar-refractivity contribution is 6.33. The molecule has 3 rings (SSSR count). The fourth-order valence-corrected chi connectivity index (χ4v) is 2.64. The van der Waals surface area contributed by atoms with Crippen molar-refractivity contribution < 1.29 is 14.9 Å². The van der Waals surface area contributed by atoms with Crippen molar-refractivity contribution >= 4 is 23.3 Å². The molecule has 132 valence electrons. The lowest BCUT2D eigenvalue weighted by Gasteiger charge is -2.03. The Hall–Kier alpha value is -3.52. The zero-order chi connectivity index (χ0) is 18.7. The van der Waals surface area contributed by atoms with Gasteiger partial charge < -0.3 is 26.4 Å². The summed E-state index contributed by atoms with van der Waals surface area (Å²) < 4.78 is 5.38. The van der Waals surface area contributed by atoms with E-state index < -0.39 is 0 Å². The normalized spacial score (nSPS) is 12.3. The van der Waals surface area contributed by atoms with Crippen molar-refractivity contribution in [3.63, 3.8) is 0 Å². The Kier molecular flexibility index (Phi) is 4.76. The van der Waals surface area contributed by atoms with Gasteiger partial charge in [0.15, 0.2) is 17.4 Å². The van der Waals surface area contributed by atoms with Crippen LogP contribution in [0.15, 0.2) is 63.4 Å². The van der Waals surface area contributed by atoms with Crippen molar-refractivity contribution in [2.45, 2.75) is 0 Å². The Morgan fingerprint density at radius 1 is 0.962 bits per heavy atom. The first kappa shape index (κ1) is 17.3. The Balaban J connectivity index is 1.96. The number of halogens is 1. The first-order chi connectivity index (χ1) is 12.5. The minimum atomic E-state index is -0.0448. The minimum absolute atomic E-state index is 0.00246. The number of rotatable bonds is 4. The highest BCUT2D eigenvalue weighted by Crippen LogP contribution is 2.32. The van der Waals surface area contributed by atoms with Gasteiger partial charge in [0.25, 0.3) is 0 Å². The molecule has 1 heterocycles. The van der Waals surface area contributed by atoms with Gasteiger partial charge in [0.2, 0.25) is 0 Å². The molecule has 0 saturated heterocycles. The van der Waals surface area contributed by atoms with Crippen LogP contribution >= 0.6 is 11.6 Å². The quantitative estimate of drug-likeness (QED) is 0.240. The van der Waals surface area contributed by atoms with E-state index in [4.69, 9.17) is 38.0 Å². The second kappa shape index (κ2) is 7.16. The number of hydrogen-bond acceptors (Lipinski definition) is 6. The number of oxime groups is 2. The number of amidine groups is 2. The van der Waals surface area contributed by atoms with Gasteiger partial charge in [-0.3, -0.25) is 0 Å². The van der Waals surface area contributed by atoms with Crippen LogP contribution in [0, 0.1) is 0 Å². The maximum Gasteiger partial charge on any atom is 0.170 e. The summed E-state index contributed by atoms with van der Waals surface area (Å²) in [5.74, 6) is 0.402. The molecule has 0 bridgehead atoms. The summed E-state index contributed by atoms with van der Waals surface area (Å²) in [5, 5.41) is 27.8. The molecule has 0 amide bonds. The summed E-state index contributed by atoms with van der Waals surface area (Å²) in [6.45, 7) is 0. The summed E-state index contributed by atoms with van der Waals surface area (Å²) in [7, 11) is 0. The maximum absolute atomic E-state index is 8.79. The summed E-state index contributed by atoms with van der Waals surface area (Å²) in [6, 6.07) is 13.6. The predicted molar refractivity (Wildman–Crippen MR) is 97.4 cm³/mol. The van der Waals surface area contributed by atoms with Crippen molar-refractivity contribution in [1.29, 1.82) is 0 Å². The molecule has 0 unspecified atom stereocenters. The van der Waals surface area contributed by atoms with E-state index in [0.29, 0.717) is 33.2 Å². The van der Waals surface area contributed by atoms with Gasteiger partial charge in [0.1, 0.15) is 5.69 Å². The average molecular weight is 372 g/mol. The summed E-state index contributed by atoms with van der Waals surface area (Å²) >= 11 is 6.27. The number of aromatic nitrogens is 1. The Bertz CT molecular complexity index is 1010. The number of hydrogen-bond donors (Lipinski definition) is 4. The van der Waals surface area contributed by atoms with Gasteiger partial charge >= 0.3 is 0 Å². The summed E-state index contributed by atoms with van der Waals surface area (Å²) in [5.41, 5.74) is 14.1. The third-order valence-electron chi connectivity index (χ3n) is 3.71. The van der Waals surface area contributed by atoms with Crippen LogP contribution in [-0.2, 0) is 0 Å². The molecule has 1 aromatic heterocycles. The molecule has 0 aliphatic carbocycles. The second-order valence-electron chi connectivity index (χ2n) is 5.32. The van der Waals surface area contributed by atoms with E-state index in [0.717, 1.165) is 5.56 Å². The van der Waals surface area contributed by atoms with Gasteiger partial charge in [-0.2, -0.15) is 0 Å². The molecular formula is C17H14ClN5O3. The molecule has 9 heteroatoms. The van der Waals surface area contributed by atoms with E-state index in [2.05, 4.69) is 15.5 Å². The standard InChI is InChI=1S/C17H14ClN5O3/c18-13-7-11(17(20)22-25)4-5-12(13)15-8-14(23-26-15)9-2-1-3-10(6-9)16(19)21-24/h1-8,24-25H,(H2,19,21)(H2,20,22). The molecule has 2 aromatic carbocycles. The molecule has 8 nitrogen and oxygen atoms in total. The number of nitrogens with zero attached hydrogens (tertiary/aromatic N) is 3. The van der Waals surface area contributed by atoms with E-state index >= 15 is 0 Å². The molecule has 6 N–H and O–H groups in total. The predicted octanol–water partition coefficient (Wildman–Crippen LogP) is 2.85. The fraction of sp³-hybridized carbons (Fsp3) is 0. The summed E-state index contributed by atoms with van der Waals surface area (Å²) in [6.07, 6.45) is 0. The first-order valence-corrected chi connectivity index (χ1v) is 7.74. The van der Waals surface area contributed by atoms with Gasteiger partial charge in [-0.25, -0.2) is 0 Å². The van der Waals surface area contributed by atoms with Gasteiger partial charge in [0.05, 0.1) is 5.02 Å². The molecule has 3 aromatic rings. The number of nitrogens with two attached hydrogens (primary N) is 2. The molecule has 0 aliphatic rings. The van der Waals surface area contributed by atoms with Crippen molar-refractivity contribution in [3.05, 3.63) is 64.7 Å². The molecule has 0 atom stereocenters. The third kappa shape index (κ3) is 3.31. The van der Waals surface area contributed by atoms with Gasteiger partial charge in [-0.05, 0) is 18.2 Å². The molecule has 0 fully saturated rings. The largest absolute Gasteiger partial charge is 0.409 e. The Morgan fingerprint density at radius 2 is 1.65 bits per heavy atom. The SMILES string of the molecule is N/C(=N\O)c1cccc(-c2cc(-c3ccc(/C(N)=N/O)cc3Cl)on2)c1. The topological polar surface area (TPSA) is 143 Å². The third-order valence-corrected chi connectivity index (χ3v) is 4.02. The highest BCUT2D eigenvalue weighted by Gasteiger charge is 2.14. The first-order valence-electron chi connectivity index (χ1n) is 7.36. The molecule has 0 spiro atoms. The molecule has 26 heavy (non-hydrogen) atoms. The zero-order valence-corrected chi connectivity index (χ0v) is 14.1. The van der Waals surface area contributed by atoms with E-state index in [1.807, 2.05) is 6.07 Å². The smallest absolute Gasteiger partial charge is 0.170 e. The van der Waals surface area contributed by atoms with Crippen molar-refractivity contribution in [2.75, 3.05) is 0 Å². The van der Waals surface area contributed by atoms with Crippen molar-refractivity contribution in [3.8, 4) is 22.6 Å². The van der Waals surface area contributed by atoms with E-state index in [1.165, 1.54) is 0 Å². The highest BCUT2D eigenvalue weighted by atomic mass is 35.5. The number of benzene rings is 2. The van der Waals surface area contributed by atoms with Crippen LogP contribution in [0.5, 0.6) is 0 Å². The van der Waals surface area contributed by atoms with E-state index in [-0.39, 0.29) is 11.7 Å². The van der Waals surface area contributed by atoms with Gasteiger partial charge in [0, 0.05) is 28.3 Å². The molecule has 0 saturated carbocycles. The van der Waals surface area contributed by atoms with Crippen LogP contribution in [0.4, 0.5) is 0 Å². The monoisotopic (exact) mass is 371 g/mol. The minimum Gasteiger partial charge on any atom is -0.409 e. The Morgan fingerprint density at radius 3 is 2.31 bits per heavy atom. The average Bonchev–Trinajstić information content (AvgIpc) is 3.16. The lowest BCUT2D eigenvalue weighted by atomic mass is 10.1. The van der Waals surface area contributed by atoms with E-state index in [9.17, 15) is 0 Å². The molecule has 0 radical (unpaired) electrons. The van der Waals surface area contributed by atoms with Crippen LogP contribution in [0.2, 0.25) is 5.02 Å². The van der Waals surface area contributed by atoms with Crippen molar-refractivity contribution in [1.82, 2.24) is 5.16 Å². The van der Waals surface area contributed by atoms with Gasteiger partial charge in [-0.1, -0.05) is 51.3 Å². The zero-order valence-electron chi connectivity index (χ0n) is 13.3. The van der Waals surface area contributed by atoms with Crippen LogP contribution in [0.3, 0.4) is 0 Å². The Labute approximate surface area is 153 Å². The summed E-state index contributed by atoms with van der Waals surface area (Å²) in [4.78, 5) is 0. The van der Waals surface area contributed by atoms with Crippen molar-refractivity contribution in [2.24, 2.45) is 21.8 Å². The van der Waals surface area contributed by atoms with Crippen LogP contribution in [0.1, 0.15) is 11.1 Å². The molecule has 0 aliphatic heterocycles. The lowest BCUT2D eigenvalue weighted by Crippen LogP contribution is -2.12. The lowest BCUT2D eigenvalue weighted by molar-refractivity contribution is 0.318. The van der Waals surface area contributed by atoms with Crippen LogP contribution in [-0.4, -0.2) is 27.2 Å². The van der Waals surface area contributed by atoms with Gasteiger partial charge in [-0.15, -0.1) is 0 Å². The second-order valence-corrected chi connectivity index (χ2v) is 5.73. The van der Waals surface area contributed by atoms with E-state index in [1.54, 1.807) is 42.5 Å². The molecular weight excluding hydrogens is 358 g/mol. The van der Waals surface area contributed by atoms with Crippen LogP contribution < -0.4 is 11.5 Å². The van der Waals surface area contributed by atoms with Crippen LogP contribution in [0.25, 0.3) is 22.6 Å².